The van der Waals surface area contributed by atoms with E-state index in [1.807, 2.05) is 60.7 Å². The normalized spacial score (nSPS) is 12.0. The topological polar surface area (TPSA) is 144 Å². The van der Waals surface area contributed by atoms with Gasteiger partial charge in [0.25, 0.3) is 0 Å². The first-order chi connectivity index (χ1) is 18.1. The molecule has 3 heterocycles. The SMILES string of the molecule is CC(C)(O)c1cccc(CS(=O)(=O)Nc2nc(-c3ccc4ncccc4c3)c(-c3ccccc3)nc2N)n1. The van der Waals surface area contributed by atoms with Crippen molar-refractivity contribution >= 4 is 32.6 Å². The standard InChI is InChI=1S/C28H26N6O3S/c1-28(2,35)23-12-6-11-21(31-23)17-38(36,37)34-27-26(29)32-24(18-8-4-3-5-9-18)25(33-27)20-13-14-22-19(16-20)10-7-15-30-22/h3-16,35H,17H2,1-2H3,(H2,29,32)(H,33,34). The zero-order valence-electron chi connectivity index (χ0n) is 20.8. The van der Waals surface area contributed by atoms with Crippen molar-refractivity contribution in [2.45, 2.75) is 25.2 Å². The van der Waals surface area contributed by atoms with Crippen molar-refractivity contribution in [2.24, 2.45) is 0 Å². The zero-order valence-corrected chi connectivity index (χ0v) is 21.6. The Hall–Kier alpha value is -4.41. The maximum absolute atomic E-state index is 13.1. The lowest BCUT2D eigenvalue weighted by atomic mass is 10.0. The van der Waals surface area contributed by atoms with Crippen LogP contribution in [-0.4, -0.2) is 33.5 Å². The van der Waals surface area contributed by atoms with Gasteiger partial charge < -0.3 is 10.8 Å². The summed E-state index contributed by atoms with van der Waals surface area (Å²) in [7, 11) is -3.97. The van der Waals surface area contributed by atoms with Gasteiger partial charge in [-0.25, -0.2) is 18.4 Å². The van der Waals surface area contributed by atoms with Gasteiger partial charge in [-0.05, 0) is 44.2 Å². The molecule has 0 aliphatic rings. The Kier molecular flexibility index (Phi) is 6.52. The Morgan fingerprint density at radius 1 is 0.868 bits per heavy atom. The molecule has 2 aromatic carbocycles. The fraction of sp³-hybridized carbons (Fsp3) is 0.143. The molecule has 0 aliphatic carbocycles. The lowest BCUT2D eigenvalue weighted by Crippen LogP contribution is -2.21. The molecule has 4 N–H and O–H groups in total. The number of sulfonamides is 1. The minimum atomic E-state index is -3.97. The maximum Gasteiger partial charge on any atom is 0.239 e. The van der Waals surface area contributed by atoms with E-state index >= 15 is 0 Å². The van der Waals surface area contributed by atoms with Crippen LogP contribution in [0.2, 0.25) is 0 Å². The molecule has 0 atom stereocenters. The van der Waals surface area contributed by atoms with Gasteiger partial charge in [0.05, 0.1) is 28.3 Å². The molecule has 3 aromatic heterocycles. The summed E-state index contributed by atoms with van der Waals surface area (Å²) < 4.78 is 28.7. The second-order valence-corrected chi connectivity index (χ2v) is 11.1. The number of aromatic nitrogens is 4. The summed E-state index contributed by atoms with van der Waals surface area (Å²) in [6.07, 6.45) is 1.72. The fourth-order valence-corrected chi connectivity index (χ4v) is 5.09. The molecule has 10 heteroatoms. The van der Waals surface area contributed by atoms with Gasteiger partial charge in [0.15, 0.2) is 11.6 Å². The van der Waals surface area contributed by atoms with E-state index in [9.17, 15) is 13.5 Å². The first kappa shape index (κ1) is 25.2. The lowest BCUT2D eigenvalue weighted by molar-refractivity contribution is 0.0737. The molecule has 0 unspecified atom stereocenters. The maximum atomic E-state index is 13.1. The third kappa shape index (κ3) is 5.46. The summed E-state index contributed by atoms with van der Waals surface area (Å²) in [6, 6.07) is 23.8. The first-order valence-corrected chi connectivity index (χ1v) is 13.5. The summed E-state index contributed by atoms with van der Waals surface area (Å²) in [5, 5.41) is 11.1. The van der Waals surface area contributed by atoms with Crippen molar-refractivity contribution in [1.82, 2.24) is 19.9 Å². The Balaban J connectivity index is 1.56. The van der Waals surface area contributed by atoms with E-state index in [4.69, 9.17) is 5.73 Å². The number of nitrogens with two attached hydrogens (primary N) is 1. The largest absolute Gasteiger partial charge is 0.384 e. The Morgan fingerprint density at radius 3 is 2.39 bits per heavy atom. The van der Waals surface area contributed by atoms with Crippen molar-refractivity contribution in [1.29, 1.82) is 0 Å². The molecular weight excluding hydrogens is 500 g/mol. The summed E-state index contributed by atoms with van der Waals surface area (Å²) in [4.78, 5) is 17.9. The highest BCUT2D eigenvalue weighted by Crippen LogP contribution is 2.34. The van der Waals surface area contributed by atoms with Crippen LogP contribution in [-0.2, 0) is 21.4 Å². The van der Waals surface area contributed by atoms with Crippen molar-refractivity contribution in [3.8, 4) is 22.5 Å². The minimum absolute atomic E-state index is 0.0585. The number of nitrogen functional groups attached to an aromatic ring is 1. The van der Waals surface area contributed by atoms with Gasteiger partial charge >= 0.3 is 0 Å². The molecule has 5 aromatic rings. The van der Waals surface area contributed by atoms with E-state index in [0.717, 1.165) is 22.0 Å². The summed E-state index contributed by atoms with van der Waals surface area (Å²) in [5.74, 6) is -0.573. The van der Waals surface area contributed by atoms with E-state index in [1.165, 1.54) is 0 Å². The van der Waals surface area contributed by atoms with Gasteiger partial charge in [-0.2, -0.15) is 0 Å². The van der Waals surface area contributed by atoms with Gasteiger partial charge in [-0.15, -0.1) is 0 Å². The molecule has 192 valence electrons. The van der Waals surface area contributed by atoms with Crippen molar-refractivity contribution in [3.63, 3.8) is 0 Å². The molecule has 0 saturated carbocycles. The predicted octanol–water partition coefficient (Wildman–Crippen LogP) is 4.51. The van der Waals surface area contributed by atoms with Crippen LogP contribution in [0, 0.1) is 0 Å². The van der Waals surface area contributed by atoms with Gasteiger partial charge in [0.2, 0.25) is 10.0 Å². The number of hydrogen-bond donors (Lipinski definition) is 3. The van der Waals surface area contributed by atoms with Crippen molar-refractivity contribution < 1.29 is 13.5 Å². The number of anilines is 2. The summed E-state index contributed by atoms with van der Waals surface area (Å²) in [5.41, 5.74) is 8.98. The van der Waals surface area contributed by atoms with Crippen LogP contribution >= 0.6 is 0 Å². The fourth-order valence-electron chi connectivity index (χ4n) is 4.02. The molecule has 0 spiro atoms. The quantitative estimate of drug-likeness (QED) is 0.281. The van der Waals surface area contributed by atoms with Crippen LogP contribution in [0.1, 0.15) is 25.2 Å². The Bertz CT molecular complexity index is 1740. The van der Waals surface area contributed by atoms with Crippen LogP contribution in [0.3, 0.4) is 0 Å². The number of rotatable bonds is 7. The molecule has 0 amide bonds. The second-order valence-electron chi connectivity index (χ2n) is 9.37. The number of fused-ring (bicyclic) bond motifs is 1. The monoisotopic (exact) mass is 526 g/mol. The molecule has 0 aliphatic heterocycles. The smallest absolute Gasteiger partial charge is 0.239 e. The number of benzene rings is 2. The van der Waals surface area contributed by atoms with Crippen molar-refractivity contribution in [3.05, 3.63) is 96.4 Å². The third-order valence-corrected chi connectivity index (χ3v) is 7.05. The van der Waals surface area contributed by atoms with E-state index in [-0.39, 0.29) is 17.3 Å². The third-order valence-electron chi connectivity index (χ3n) is 5.87. The van der Waals surface area contributed by atoms with Crippen LogP contribution in [0.4, 0.5) is 11.6 Å². The van der Waals surface area contributed by atoms with E-state index in [0.29, 0.717) is 17.1 Å². The molecule has 5 rings (SSSR count). The van der Waals surface area contributed by atoms with Crippen LogP contribution in [0.25, 0.3) is 33.4 Å². The van der Waals surface area contributed by atoms with Gasteiger partial charge in [-0.1, -0.05) is 48.5 Å². The first-order valence-electron chi connectivity index (χ1n) is 11.9. The highest BCUT2D eigenvalue weighted by Gasteiger charge is 2.22. The number of nitrogens with zero attached hydrogens (tertiary/aromatic N) is 4. The molecular formula is C28H26N6O3S. The van der Waals surface area contributed by atoms with Gasteiger partial charge in [0.1, 0.15) is 11.4 Å². The van der Waals surface area contributed by atoms with E-state index in [2.05, 4.69) is 24.7 Å². The molecule has 38 heavy (non-hydrogen) atoms. The number of hydrogen-bond acceptors (Lipinski definition) is 8. The average molecular weight is 527 g/mol. The molecule has 0 fully saturated rings. The van der Waals surface area contributed by atoms with Gasteiger partial charge in [-0.3, -0.25) is 14.7 Å². The van der Waals surface area contributed by atoms with E-state index < -0.39 is 21.4 Å². The van der Waals surface area contributed by atoms with Crippen molar-refractivity contribution in [2.75, 3.05) is 10.5 Å². The van der Waals surface area contributed by atoms with Gasteiger partial charge in [0, 0.05) is 22.7 Å². The zero-order chi connectivity index (χ0) is 26.9. The van der Waals surface area contributed by atoms with Crippen LogP contribution in [0.15, 0.2) is 85.1 Å². The molecule has 0 bridgehead atoms. The average Bonchev–Trinajstić information content (AvgIpc) is 2.89. The molecule has 0 radical (unpaired) electrons. The Morgan fingerprint density at radius 2 is 1.63 bits per heavy atom. The molecule has 0 saturated heterocycles. The van der Waals surface area contributed by atoms with Crippen LogP contribution < -0.4 is 10.5 Å². The molecule has 9 nitrogen and oxygen atoms in total. The number of aliphatic hydroxyl groups is 1. The lowest BCUT2D eigenvalue weighted by Gasteiger charge is -2.17. The summed E-state index contributed by atoms with van der Waals surface area (Å²) >= 11 is 0. The van der Waals surface area contributed by atoms with Crippen LogP contribution in [0.5, 0.6) is 0 Å². The second kappa shape index (κ2) is 9.81. The predicted molar refractivity (Wildman–Crippen MR) is 148 cm³/mol. The minimum Gasteiger partial charge on any atom is -0.384 e. The Labute approximate surface area is 220 Å². The summed E-state index contributed by atoms with van der Waals surface area (Å²) in [6.45, 7) is 3.17. The number of pyridine rings is 2. The van der Waals surface area contributed by atoms with E-state index in [1.54, 1.807) is 38.2 Å². The number of nitrogens with one attached hydrogen (secondary N) is 1. The highest BCUT2D eigenvalue weighted by molar-refractivity contribution is 7.91. The highest BCUT2D eigenvalue weighted by atomic mass is 32.2.